The molecular formula is C15H16FN3OS. The molecule has 1 aromatic carbocycles. The minimum absolute atomic E-state index is 0.102. The molecule has 0 spiro atoms. The molecule has 1 N–H and O–H groups in total. The molecule has 6 heteroatoms. The third-order valence-electron chi connectivity index (χ3n) is 3.67. The van der Waals surface area contributed by atoms with Crippen LogP contribution in [0.15, 0.2) is 35.8 Å². The van der Waals surface area contributed by atoms with Crippen LogP contribution in [-0.2, 0) is 6.42 Å². The number of anilines is 1. The number of urea groups is 1. The fourth-order valence-electron chi connectivity index (χ4n) is 2.66. The summed E-state index contributed by atoms with van der Waals surface area (Å²) in [5.41, 5.74) is 1.05. The highest BCUT2D eigenvalue weighted by molar-refractivity contribution is 7.13. The van der Waals surface area contributed by atoms with Gasteiger partial charge in [0.2, 0.25) is 0 Å². The Balaban J connectivity index is 1.64. The van der Waals surface area contributed by atoms with E-state index in [0.29, 0.717) is 5.13 Å². The highest BCUT2D eigenvalue weighted by Gasteiger charge is 2.29. The van der Waals surface area contributed by atoms with E-state index < -0.39 is 0 Å². The summed E-state index contributed by atoms with van der Waals surface area (Å²) in [5, 5.41) is 5.27. The largest absolute Gasteiger partial charge is 0.323 e. The zero-order valence-electron chi connectivity index (χ0n) is 11.5. The van der Waals surface area contributed by atoms with Crippen molar-refractivity contribution in [3.05, 3.63) is 47.2 Å². The van der Waals surface area contributed by atoms with Crippen molar-refractivity contribution in [2.45, 2.75) is 25.3 Å². The number of carbonyl (C=O) groups is 1. The van der Waals surface area contributed by atoms with Crippen LogP contribution in [-0.4, -0.2) is 28.5 Å². The van der Waals surface area contributed by atoms with E-state index in [-0.39, 0.29) is 17.9 Å². The Bertz CT molecular complexity index is 600. The number of thiazole rings is 1. The normalized spacial score (nSPS) is 18.0. The molecule has 0 bridgehead atoms. The van der Waals surface area contributed by atoms with Crippen LogP contribution in [0.2, 0.25) is 0 Å². The summed E-state index contributed by atoms with van der Waals surface area (Å²) in [6.07, 6.45) is 4.39. The number of nitrogens with zero attached hydrogens (tertiary/aromatic N) is 2. The summed E-state index contributed by atoms with van der Waals surface area (Å²) < 4.78 is 12.9. The number of nitrogens with one attached hydrogen (secondary N) is 1. The molecule has 0 aliphatic carbocycles. The molecule has 0 radical (unpaired) electrons. The van der Waals surface area contributed by atoms with Gasteiger partial charge in [-0.3, -0.25) is 5.32 Å². The van der Waals surface area contributed by atoms with Gasteiger partial charge in [-0.25, -0.2) is 14.2 Å². The lowest BCUT2D eigenvalue weighted by Gasteiger charge is -2.24. The zero-order valence-corrected chi connectivity index (χ0v) is 12.3. The molecule has 0 unspecified atom stereocenters. The van der Waals surface area contributed by atoms with Crippen LogP contribution >= 0.6 is 11.3 Å². The monoisotopic (exact) mass is 305 g/mol. The molecule has 21 heavy (non-hydrogen) atoms. The van der Waals surface area contributed by atoms with E-state index in [1.165, 1.54) is 23.5 Å². The number of aromatic nitrogens is 1. The zero-order chi connectivity index (χ0) is 14.7. The van der Waals surface area contributed by atoms with Crippen molar-refractivity contribution < 1.29 is 9.18 Å². The van der Waals surface area contributed by atoms with E-state index in [2.05, 4.69) is 10.3 Å². The molecule has 0 saturated carbocycles. The maximum Gasteiger partial charge on any atom is 0.323 e. The third kappa shape index (κ3) is 3.39. The molecule has 1 fully saturated rings. The molecule has 4 nitrogen and oxygen atoms in total. The van der Waals surface area contributed by atoms with Gasteiger partial charge in [0.25, 0.3) is 0 Å². The summed E-state index contributed by atoms with van der Waals surface area (Å²) in [6.45, 7) is 0.753. The summed E-state index contributed by atoms with van der Waals surface area (Å²) in [6, 6.07) is 6.55. The van der Waals surface area contributed by atoms with Crippen molar-refractivity contribution in [2.75, 3.05) is 11.9 Å². The molecule has 1 atom stereocenters. The first-order chi connectivity index (χ1) is 10.2. The maximum atomic E-state index is 12.9. The molecule has 3 rings (SSSR count). The van der Waals surface area contributed by atoms with E-state index in [9.17, 15) is 9.18 Å². The average Bonchev–Trinajstić information content (AvgIpc) is 3.13. The number of rotatable bonds is 3. The minimum Gasteiger partial charge on any atom is -0.321 e. The molecule has 1 aliphatic rings. The molecule has 2 heterocycles. The molecule has 1 aliphatic heterocycles. The number of hydrogen-bond donors (Lipinski definition) is 1. The highest BCUT2D eigenvalue weighted by atomic mass is 32.1. The highest BCUT2D eigenvalue weighted by Crippen LogP contribution is 2.23. The van der Waals surface area contributed by atoms with Crippen LogP contribution in [0.5, 0.6) is 0 Å². The maximum absolute atomic E-state index is 12.9. The summed E-state index contributed by atoms with van der Waals surface area (Å²) in [7, 11) is 0. The summed E-state index contributed by atoms with van der Waals surface area (Å²) >= 11 is 1.41. The van der Waals surface area contributed by atoms with Crippen molar-refractivity contribution >= 4 is 22.5 Å². The van der Waals surface area contributed by atoms with Crippen LogP contribution in [0.25, 0.3) is 0 Å². The Morgan fingerprint density at radius 3 is 2.95 bits per heavy atom. The molecule has 1 saturated heterocycles. The Morgan fingerprint density at radius 1 is 1.43 bits per heavy atom. The van der Waals surface area contributed by atoms with E-state index >= 15 is 0 Å². The van der Waals surface area contributed by atoms with Crippen molar-refractivity contribution in [1.82, 2.24) is 9.88 Å². The van der Waals surface area contributed by atoms with E-state index in [0.717, 1.165) is 31.4 Å². The minimum atomic E-state index is -0.233. The van der Waals surface area contributed by atoms with E-state index in [1.807, 2.05) is 10.3 Å². The third-order valence-corrected chi connectivity index (χ3v) is 4.36. The van der Waals surface area contributed by atoms with E-state index in [4.69, 9.17) is 0 Å². The van der Waals surface area contributed by atoms with Gasteiger partial charge in [0.05, 0.1) is 0 Å². The van der Waals surface area contributed by atoms with Crippen LogP contribution in [0.4, 0.5) is 14.3 Å². The number of amides is 2. The molecular weight excluding hydrogens is 289 g/mol. The quantitative estimate of drug-likeness (QED) is 0.943. The van der Waals surface area contributed by atoms with Crippen molar-refractivity contribution in [1.29, 1.82) is 0 Å². The van der Waals surface area contributed by atoms with E-state index in [1.54, 1.807) is 18.3 Å². The first-order valence-electron chi connectivity index (χ1n) is 6.94. The number of halogens is 1. The Labute approximate surface area is 126 Å². The van der Waals surface area contributed by atoms with Crippen molar-refractivity contribution in [2.24, 2.45) is 0 Å². The lowest BCUT2D eigenvalue weighted by molar-refractivity contribution is 0.206. The van der Waals surface area contributed by atoms with Crippen LogP contribution < -0.4 is 5.32 Å². The molecule has 1 aromatic heterocycles. The van der Waals surface area contributed by atoms with Gasteiger partial charge in [0, 0.05) is 24.2 Å². The first-order valence-corrected chi connectivity index (χ1v) is 7.82. The van der Waals surface area contributed by atoms with Crippen molar-refractivity contribution in [3.63, 3.8) is 0 Å². The van der Waals surface area contributed by atoms with Gasteiger partial charge in [0.1, 0.15) is 5.82 Å². The van der Waals surface area contributed by atoms with Crippen LogP contribution in [0.3, 0.4) is 0 Å². The standard InChI is InChI=1S/C15H16FN3OS/c16-12-5-3-11(4-6-12)10-13-2-1-8-19(13)15(20)18-14-17-7-9-21-14/h3-7,9,13H,1-2,8,10H2,(H,17,18,20)/t13-/m1/s1. The topological polar surface area (TPSA) is 45.2 Å². The smallest absolute Gasteiger partial charge is 0.321 e. The van der Waals surface area contributed by atoms with Gasteiger partial charge in [-0.2, -0.15) is 0 Å². The lowest BCUT2D eigenvalue weighted by Crippen LogP contribution is -2.39. The van der Waals surface area contributed by atoms with Gasteiger partial charge in [-0.05, 0) is 37.0 Å². The predicted molar refractivity (Wildman–Crippen MR) is 81.0 cm³/mol. The average molecular weight is 305 g/mol. The molecule has 110 valence electrons. The predicted octanol–water partition coefficient (Wildman–Crippen LogP) is 3.52. The van der Waals surface area contributed by atoms with Gasteiger partial charge in [-0.1, -0.05) is 12.1 Å². The number of carbonyl (C=O) groups excluding carboxylic acids is 1. The summed E-state index contributed by atoms with van der Waals surface area (Å²) in [4.78, 5) is 18.2. The SMILES string of the molecule is O=C(Nc1nccs1)N1CCC[C@@H]1Cc1ccc(F)cc1. The van der Waals surface area contributed by atoms with Gasteiger partial charge in [-0.15, -0.1) is 11.3 Å². The molecule has 2 amide bonds. The first kappa shape index (κ1) is 14.0. The van der Waals surface area contributed by atoms with Gasteiger partial charge >= 0.3 is 6.03 Å². The summed E-state index contributed by atoms with van der Waals surface area (Å²) in [5.74, 6) is -0.233. The second-order valence-electron chi connectivity index (χ2n) is 5.09. The second kappa shape index (κ2) is 6.22. The van der Waals surface area contributed by atoms with Crippen molar-refractivity contribution in [3.8, 4) is 0 Å². The Kier molecular flexibility index (Phi) is 4.15. The Hall–Kier alpha value is -1.95. The Morgan fingerprint density at radius 2 is 2.24 bits per heavy atom. The van der Waals surface area contributed by atoms with Gasteiger partial charge < -0.3 is 4.90 Å². The van der Waals surface area contributed by atoms with Crippen LogP contribution in [0, 0.1) is 5.82 Å². The number of hydrogen-bond acceptors (Lipinski definition) is 3. The van der Waals surface area contributed by atoms with Crippen LogP contribution in [0.1, 0.15) is 18.4 Å². The lowest BCUT2D eigenvalue weighted by atomic mass is 10.0. The number of likely N-dealkylation sites (tertiary alicyclic amines) is 1. The van der Waals surface area contributed by atoms with Gasteiger partial charge in [0.15, 0.2) is 5.13 Å². The fourth-order valence-corrected chi connectivity index (χ4v) is 3.17. The fraction of sp³-hybridized carbons (Fsp3) is 0.333. The molecule has 2 aromatic rings. The second-order valence-corrected chi connectivity index (χ2v) is 5.98. The number of benzene rings is 1.